The van der Waals surface area contributed by atoms with Gasteiger partial charge in [-0.3, -0.25) is 34.2 Å². The molecule has 0 aromatic heterocycles. The maximum Gasteiger partial charge on any atom is 0.262 e. The molecule has 3 atom stereocenters. The number of piperidine rings is 2. The van der Waals surface area contributed by atoms with Gasteiger partial charge in [0.15, 0.2) is 0 Å². The minimum atomic E-state index is -0.963. The van der Waals surface area contributed by atoms with Crippen molar-refractivity contribution in [3.8, 4) is 6.07 Å². The lowest BCUT2D eigenvalue weighted by molar-refractivity contribution is -0.136. The highest BCUT2D eigenvalue weighted by molar-refractivity contribution is 6.32. The molecular weight excluding hydrogens is 768 g/mol. The second-order valence-corrected chi connectivity index (χ2v) is 18.3. The van der Waals surface area contributed by atoms with Crippen LogP contribution in [0.2, 0.25) is 5.02 Å². The monoisotopic (exact) mass is 814 g/mol. The molecule has 0 aliphatic carbocycles. The first-order valence-electron chi connectivity index (χ1n) is 21.0. The van der Waals surface area contributed by atoms with Gasteiger partial charge in [0.25, 0.3) is 17.7 Å². The normalized spacial score (nSPS) is 25.4. The van der Waals surface area contributed by atoms with Crippen LogP contribution in [0.5, 0.6) is 0 Å². The number of hydrogen-bond donors (Lipinski definition) is 1. The first kappa shape index (κ1) is 37.8. The van der Waals surface area contributed by atoms with Gasteiger partial charge in [-0.05, 0) is 104 Å². The van der Waals surface area contributed by atoms with Crippen molar-refractivity contribution in [1.82, 2.24) is 20.0 Å². The van der Waals surface area contributed by atoms with Gasteiger partial charge in [-0.15, -0.1) is 0 Å². The highest BCUT2D eigenvalue weighted by Crippen LogP contribution is 2.43. The molecule has 7 heterocycles. The van der Waals surface area contributed by atoms with Gasteiger partial charge >= 0.3 is 0 Å². The fourth-order valence-corrected chi connectivity index (χ4v) is 11.1. The Balaban J connectivity index is 0.671. The number of nitrogens with zero attached hydrogens (tertiary/aromatic N) is 7. The van der Waals surface area contributed by atoms with Crippen molar-refractivity contribution in [3.05, 3.63) is 87.9 Å². The van der Waals surface area contributed by atoms with Crippen LogP contribution in [-0.2, 0) is 9.59 Å². The number of halogens is 1. The SMILES string of the molecule is N#Cc1ccc(N2CCC3(CCN(C(=O)c4ccc(N5CC6CN(CC7CN(c8ccc9c(c8)C(=O)N(C8CCC(=O)NC8=O)C9=O)C7)CC6C5)cc4)CC3)C2)cc1Cl. The standard InChI is InChI=1S/C45H47ClN8O5/c46-38-18-35(6-3-30(38)19-47)51-16-13-45(27-51)11-14-50(15-12-45)42(57)29-1-4-33(5-2-29)53-25-31-23-49(24-32(31)26-53)20-28-21-52(22-28)34-7-8-36-37(17-34)44(59)54(43(36)58)39-9-10-40(55)48-41(39)56/h1-8,17-18,28,31-32,39H,9-16,20-27H2,(H,48,55,56). The highest BCUT2D eigenvalue weighted by atomic mass is 35.5. The lowest BCUT2D eigenvalue weighted by atomic mass is 9.77. The zero-order valence-electron chi connectivity index (χ0n) is 32.9. The van der Waals surface area contributed by atoms with Crippen molar-refractivity contribution in [1.29, 1.82) is 5.26 Å². The molecule has 0 radical (unpaired) electrons. The summed E-state index contributed by atoms with van der Waals surface area (Å²) in [6.45, 7) is 10.4. The number of imide groups is 2. The fourth-order valence-electron chi connectivity index (χ4n) is 10.9. The Morgan fingerprint density at radius 3 is 2.10 bits per heavy atom. The maximum absolute atomic E-state index is 13.6. The largest absolute Gasteiger partial charge is 0.371 e. The summed E-state index contributed by atoms with van der Waals surface area (Å²) in [6, 6.07) is 20.4. The Bertz CT molecular complexity index is 2280. The number of nitriles is 1. The molecule has 1 spiro atoms. The third-order valence-electron chi connectivity index (χ3n) is 14.3. The molecule has 0 bridgehead atoms. The molecule has 10 rings (SSSR count). The first-order chi connectivity index (χ1) is 28.5. The van der Waals surface area contributed by atoms with Crippen LogP contribution in [0.3, 0.4) is 0 Å². The molecule has 14 heteroatoms. The van der Waals surface area contributed by atoms with Crippen molar-refractivity contribution in [3.63, 3.8) is 0 Å². The molecule has 304 valence electrons. The average Bonchev–Trinajstić information content (AvgIpc) is 3.98. The number of carbonyl (C=O) groups is 5. The van der Waals surface area contributed by atoms with Crippen molar-refractivity contribution in [2.24, 2.45) is 23.2 Å². The molecule has 59 heavy (non-hydrogen) atoms. The van der Waals surface area contributed by atoms with Crippen LogP contribution in [0.4, 0.5) is 17.1 Å². The molecule has 5 amide bonds. The minimum Gasteiger partial charge on any atom is -0.371 e. The van der Waals surface area contributed by atoms with E-state index in [1.807, 2.05) is 35.2 Å². The van der Waals surface area contributed by atoms with Crippen molar-refractivity contribution in [2.45, 2.75) is 38.1 Å². The van der Waals surface area contributed by atoms with Gasteiger partial charge in [0.2, 0.25) is 11.8 Å². The summed E-state index contributed by atoms with van der Waals surface area (Å²) in [5.41, 5.74) is 5.21. The third-order valence-corrected chi connectivity index (χ3v) is 14.6. The number of carbonyl (C=O) groups excluding carboxylic acids is 5. The molecule has 7 aliphatic heterocycles. The number of anilines is 3. The Labute approximate surface area is 348 Å². The molecule has 3 aromatic rings. The molecule has 7 aliphatic rings. The molecule has 3 aromatic carbocycles. The number of nitrogens with one attached hydrogen (secondary N) is 1. The van der Waals surface area contributed by atoms with Crippen LogP contribution in [0.25, 0.3) is 0 Å². The van der Waals surface area contributed by atoms with E-state index < -0.39 is 23.8 Å². The van der Waals surface area contributed by atoms with Gasteiger partial charge < -0.3 is 24.5 Å². The molecule has 1 N–H and O–H groups in total. The number of benzene rings is 3. The topological polar surface area (TPSA) is 141 Å². The summed E-state index contributed by atoms with van der Waals surface area (Å²) in [5.74, 6) is -0.0854. The van der Waals surface area contributed by atoms with Crippen molar-refractivity contribution in [2.75, 3.05) is 86.7 Å². The van der Waals surface area contributed by atoms with E-state index in [9.17, 15) is 29.2 Å². The Kier molecular flexibility index (Phi) is 9.40. The number of amides is 5. The lowest BCUT2D eigenvalue weighted by Crippen LogP contribution is -2.54. The van der Waals surface area contributed by atoms with Crippen LogP contribution in [0, 0.1) is 34.5 Å². The van der Waals surface area contributed by atoms with E-state index in [0.717, 1.165) is 113 Å². The smallest absolute Gasteiger partial charge is 0.262 e. The van der Waals surface area contributed by atoms with Gasteiger partial charge in [0.1, 0.15) is 12.1 Å². The minimum absolute atomic E-state index is 0.0983. The molecule has 6 fully saturated rings. The summed E-state index contributed by atoms with van der Waals surface area (Å²) in [6.07, 6.45) is 3.31. The maximum atomic E-state index is 13.6. The highest BCUT2D eigenvalue weighted by Gasteiger charge is 2.46. The van der Waals surface area contributed by atoms with Crippen LogP contribution in [0.15, 0.2) is 60.7 Å². The van der Waals surface area contributed by atoms with Gasteiger partial charge in [-0.2, -0.15) is 5.26 Å². The van der Waals surface area contributed by atoms with Crippen LogP contribution in [-0.4, -0.2) is 122 Å². The second-order valence-electron chi connectivity index (χ2n) is 17.9. The van der Waals surface area contributed by atoms with Gasteiger partial charge in [0, 0.05) is 107 Å². The third kappa shape index (κ3) is 6.80. The second kappa shape index (κ2) is 14.7. The Morgan fingerprint density at radius 2 is 1.41 bits per heavy atom. The number of likely N-dealkylation sites (tertiary alicyclic amines) is 2. The summed E-state index contributed by atoms with van der Waals surface area (Å²) in [4.78, 5) is 76.8. The molecule has 6 saturated heterocycles. The number of rotatable bonds is 7. The van der Waals surface area contributed by atoms with E-state index in [0.29, 0.717) is 39.5 Å². The van der Waals surface area contributed by atoms with E-state index in [-0.39, 0.29) is 30.1 Å². The molecule has 0 saturated carbocycles. The van der Waals surface area contributed by atoms with E-state index in [4.69, 9.17) is 11.6 Å². The van der Waals surface area contributed by atoms with Crippen molar-refractivity contribution < 1.29 is 24.0 Å². The molecular formula is C45H47ClN8O5. The van der Waals surface area contributed by atoms with E-state index in [1.165, 1.54) is 5.69 Å². The predicted octanol–water partition coefficient (Wildman–Crippen LogP) is 4.25. The predicted molar refractivity (Wildman–Crippen MR) is 221 cm³/mol. The zero-order chi connectivity index (χ0) is 40.6. The van der Waals surface area contributed by atoms with Gasteiger partial charge in [-0.1, -0.05) is 11.6 Å². The van der Waals surface area contributed by atoms with E-state index >= 15 is 0 Å². The average molecular weight is 815 g/mol. The van der Waals surface area contributed by atoms with E-state index in [1.54, 1.807) is 18.2 Å². The quantitative estimate of drug-likeness (QED) is 0.345. The Morgan fingerprint density at radius 1 is 0.763 bits per heavy atom. The van der Waals surface area contributed by atoms with Crippen LogP contribution >= 0.6 is 11.6 Å². The lowest BCUT2D eigenvalue weighted by Gasteiger charge is -2.43. The summed E-state index contributed by atoms with van der Waals surface area (Å²) >= 11 is 6.32. The van der Waals surface area contributed by atoms with Crippen LogP contribution in [0.1, 0.15) is 68.7 Å². The van der Waals surface area contributed by atoms with Gasteiger partial charge in [0.05, 0.1) is 21.7 Å². The van der Waals surface area contributed by atoms with Crippen molar-refractivity contribution >= 4 is 58.2 Å². The number of fused-ring (bicyclic) bond motifs is 2. The van der Waals surface area contributed by atoms with Gasteiger partial charge in [-0.25, -0.2) is 0 Å². The summed E-state index contributed by atoms with van der Waals surface area (Å²) in [5, 5.41) is 12.0. The molecule has 3 unspecified atom stereocenters. The van der Waals surface area contributed by atoms with E-state index in [2.05, 4.69) is 43.1 Å². The summed E-state index contributed by atoms with van der Waals surface area (Å²) in [7, 11) is 0. The fraction of sp³-hybridized carbons (Fsp3) is 0.467. The number of hydrogen-bond acceptors (Lipinski definition) is 10. The first-order valence-corrected chi connectivity index (χ1v) is 21.3. The molecule has 13 nitrogen and oxygen atoms in total. The summed E-state index contributed by atoms with van der Waals surface area (Å²) < 4.78 is 0. The van der Waals surface area contributed by atoms with Crippen LogP contribution < -0.4 is 20.0 Å². The zero-order valence-corrected chi connectivity index (χ0v) is 33.7. The Hall–Kier alpha value is -5.45.